The molecule has 2 rings (SSSR count). The van der Waals surface area contributed by atoms with Gasteiger partial charge < -0.3 is 10.0 Å². The summed E-state index contributed by atoms with van der Waals surface area (Å²) >= 11 is 1.32. The summed E-state index contributed by atoms with van der Waals surface area (Å²) in [7, 11) is 0. The lowest BCUT2D eigenvalue weighted by atomic mass is 9.80. The molecular formula is C12H16F3NO3S. The molecule has 1 saturated carbocycles. The number of nitrogens with zero attached hydrogens (tertiary/aromatic N) is 1. The Balaban J connectivity index is 2.03. The lowest BCUT2D eigenvalue weighted by Crippen LogP contribution is -2.46. The maximum absolute atomic E-state index is 12.7. The largest absolute Gasteiger partial charge is 0.480 e. The Morgan fingerprint density at radius 2 is 1.95 bits per heavy atom. The summed E-state index contributed by atoms with van der Waals surface area (Å²) < 4.78 is 38.2. The van der Waals surface area contributed by atoms with Crippen molar-refractivity contribution in [1.82, 2.24) is 4.90 Å². The van der Waals surface area contributed by atoms with Crippen molar-refractivity contribution in [3.63, 3.8) is 0 Å². The number of alkyl halides is 3. The first-order valence-corrected chi connectivity index (χ1v) is 7.64. The standard InChI is InChI=1S/C12H16F3NO3S/c13-12(14,15)8-3-1-2-7(4-8)10(17)16-6-20-5-9(16)11(18)19/h7-9H,1-6H2,(H,18,19)/t7?,8?,9-/m0/s1. The maximum atomic E-state index is 12.7. The zero-order valence-corrected chi connectivity index (χ0v) is 11.5. The third-order valence-corrected chi connectivity index (χ3v) is 4.95. The van der Waals surface area contributed by atoms with E-state index in [0.717, 1.165) is 0 Å². The molecule has 2 unspecified atom stereocenters. The quantitative estimate of drug-likeness (QED) is 0.850. The van der Waals surface area contributed by atoms with Gasteiger partial charge in [0.15, 0.2) is 0 Å². The summed E-state index contributed by atoms with van der Waals surface area (Å²) in [6.07, 6.45) is -3.65. The molecule has 114 valence electrons. The molecule has 1 heterocycles. The average Bonchev–Trinajstić information content (AvgIpc) is 2.86. The predicted octanol–water partition coefficient (Wildman–Crippen LogP) is 2.34. The molecule has 0 radical (unpaired) electrons. The first-order valence-electron chi connectivity index (χ1n) is 6.48. The third kappa shape index (κ3) is 3.21. The van der Waals surface area contributed by atoms with Crippen LogP contribution in [0.1, 0.15) is 25.7 Å². The van der Waals surface area contributed by atoms with Gasteiger partial charge in [0.05, 0.1) is 11.8 Å². The zero-order valence-electron chi connectivity index (χ0n) is 10.7. The number of thioether (sulfide) groups is 1. The van der Waals surface area contributed by atoms with E-state index in [1.165, 1.54) is 16.7 Å². The number of amides is 1. The van der Waals surface area contributed by atoms with E-state index in [1.54, 1.807) is 0 Å². The Labute approximate surface area is 118 Å². The van der Waals surface area contributed by atoms with Gasteiger partial charge in [-0.2, -0.15) is 13.2 Å². The molecule has 0 aromatic carbocycles. The van der Waals surface area contributed by atoms with Crippen LogP contribution in [-0.2, 0) is 9.59 Å². The van der Waals surface area contributed by atoms with Crippen LogP contribution in [0.25, 0.3) is 0 Å². The van der Waals surface area contributed by atoms with Crippen LogP contribution in [0.2, 0.25) is 0 Å². The van der Waals surface area contributed by atoms with Crippen LogP contribution in [0.5, 0.6) is 0 Å². The van der Waals surface area contributed by atoms with Gasteiger partial charge in [-0.3, -0.25) is 4.79 Å². The molecular weight excluding hydrogens is 295 g/mol. The fraction of sp³-hybridized carbons (Fsp3) is 0.833. The van der Waals surface area contributed by atoms with E-state index in [4.69, 9.17) is 5.11 Å². The van der Waals surface area contributed by atoms with Crippen LogP contribution in [0, 0.1) is 11.8 Å². The number of rotatable bonds is 2. The van der Waals surface area contributed by atoms with Crippen molar-refractivity contribution in [1.29, 1.82) is 0 Å². The van der Waals surface area contributed by atoms with E-state index in [-0.39, 0.29) is 18.7 Å². The van der Waals surface area contributed by atoms with Gasteiger partial charge in [0.2, 0.25) is 5.91 Å². The summed E-state index contributed by atoms with van der Waals surface area (Å²) in [5, 5.41) is 9.02. The number of carbonyl (C=O) groups is 2. The van der Waals surface area contributed by atoms with Gasteiger partial charge in [0.1, 0.15) is 6.04 Å². The van der Waals surface area contributed by atoms with Crippen molar-refractivity contribution in [2.75, 3.05) is 11.6 Å². The Hall–Kier alpha value is -0.920. The minimum absolute atomic E-state index is 0.0599. The smallest absolute Gasteiger partial charge is 0.391 e. The maximum Gasteiger partial charge on any atom is 0.391 e. The fourth-order valence-electron chi connectivity index (χ4n) is 2.81. The summed E-state index contributed by atoms with van der Waals surface area (Å²) in [5.41, 5.74) is 0. The molecule has 3 atom stereocenters. The van der Waals surface area contributed by atoms with Crippen molar-refractivity contribution in [2.45, 2.75) is 37.9 Å². The molecule has 1 amide bonds. The van der Waals surface area contributed by atoms with Gasteiger partial charge in [-0.25, -0.2) is 4.79 Å². The predicted molar refractivity (Wildman–Crippen MR) is 67.1 cm³/mol. The van der Waals surface area contributed by atoms with Crippen molar-refractivity contribution >= 4 is 23.6 Å². The third-order valence-electron chi connectivity index (χ3n) is 3.94. The molecule has 1 N–H and O–H groups in total. The molecule has 1 aliphatic heterocycles. The Bertz CT molecular complexity index is 402. The lowest BCUT2D eigenvalue weighted by molar-refractivity contribution is -0.187. The molecule has 20 heavy (non-hydrogen) atoms. The topological polar surface area (TPSA) is 57.6 Å². The number of hydrogen-bond donors (Lipinski definition) is 1. The van der Waals surface area contributed by atoms with Crippen LogP contribution in [0.4, 0.5) is 13.2 Å². The molecule has 0 aromatic heterocycles. The number of hydrogen-bond acceptors (Lipinski definition) is 3. The highest BCUT2D eigenvalue weighted by molar-refractivity contribution is 7.99. The van der Waals surface area contributed by atoms with Crippen molar-refractivity contribution in [3.05, 3.63) is 0 Å². The monoisotopic (exact) mass is 311 g/mol. The van der Waals surface area contributed by atoms with Crippen LogP contribution in [0.15, 0.2) is 0 Å². The number of carbonyl (C=O) groups excluding carboxylic acids is 1. The van der Waals surface area contributed by atoms with E-state index in [9.17, 15) is 22.8 Å². The van der Waals surface area contributed by atoms with Gasteiger partial charge in [-0.15, -0.1) is 11.8 Å². The Kier molecular flexibility index (Phi) is 4.51. The van der Waals surface area contributed by atoms with Crippen LogP contribution >= 0.6 is 11.8 Å². The molecule has 8 heteroatoms. The number of carboxylic acids is 1. The van der Waals surface area contributed by atoms with Crippen LogP contribution in [-0.4, -0.2) is 45.7 Å². The summed E-state index contributed by atoms with van der Waals surface area (Å²) in [5.74, 6) is -3.11. The van der Waals surface area contributed by atoms with Crippen LogP contribution < -0.4 is 0 Å². The zero-order chi connectivity index (χ0) is 14.9. The van der Waals surface area contributed by atoms with E-state index in [2.05, 4.69) is 0 Å². The van der Waals surface area contributed by atoms with E-state index in [1.807, 2.05) is 0 Å². The average molecular weight is 311 g/mol. The molecule has 0 spiro atoms. The number of halogens is 3. The second-order valence-corrected chi connectivity index (χ2v) is 6.26. The normalized spacial score (nSPS) is 31.4. The van der Waals surface area contributed by atoms with Crippen LogP contribution in [0.3, 0.4) is 0 Å². The van der Waals surface area contributed by atoms with E-state index < -0.39 is 35.9 Å². The van der Waals surface area contributed by atoms with Gasteiger partial charge in [-0.05, 0) is 19.3 Å². The summed E-state index contributed by atoms with van der Waals surface area (Å²) in [4.78, 5) is 24.5. The molecule has 2 fully saturated rings. The van der Waals surface area contributed by atoms with E-state index in [0.29, 0.717) is 18.6 Å². The van der Waals surface area contributed by atoms with Gasteiger partial charge in [-0.1, -0.05) is 6.42 Å². The van der Waals surface area contributed by atoms with Gasteiger partial charge >= 0.3 is 12.1 Å². The van der Waals surface area contributed by atoms with Crippen molar-refractivity contribution < 1.29 is 27.9 Å². The van der Waals surface area contributed by atoms with E-state index >= 15 is 0 Å². The second-order valence-electron chi connectivity index (χ2n) is 5.26. The highest BCUT2D eigenvalue weighted by Gasteiger charge is 2.45. The molecule has 1 saturated heterocycles. The van der Waals surface area contributed by atoms with Crippen molar-refractivity contribution in [2.24, 2.45) is 11.8 Å². The minimum Gasteiger partial charge on any atom is -0.480 e. The Morgan fingerprint density at radius 3 is 2.55 bits per heavy atom. The number of aliphatic carboxylic acids is 1. The minimum atomic E-state index is -4.27. The summed E-state index contributed by atoms with van der Waals surface area (Å²) in [6.45, 7) is 0. The first kappa shape index (κ1) is 15.5. The van der Waals surface area contributed by atoms with Crippen molar-refractivity contribution in [3.8, 4) is 0 Å². The second kappa shape index (κ2) is 5.83. The summed E-state index contributed by atoms with van der Waals surface area (Å²) in [6, 6.07) is -0.904. The molecule has 2 aliphatic rings. The molecule has 4 nitrogen and oxygen atoms in total. The lowest BCUT2D eigenvalue weighted by Gasteiger charge is -2.33. The highest BCUT2D eigenvalue weighted by Crippen LogP contribution is 2.41. The molecule has 0 bridgehead atoms. The molecule has 1 aliphatic carbocycles. The molecule has 0 aromatic rings. The number of carboxylic acid groups (broad SMARTS) is 1. The van der Waals surface area contributed by atoms with Gasteiger partial charge in [0, 0.05) is 11.7 Å². The Morgan fingerprint density at radius 1 is 1.25 bits per heavy atom. The highest BCUT2D eigenvalue weighted by atomic mass is 32.2. The SMILES string of the molecule is O=C(O)[C@@H]1CSCN1C(=O)C1CCCC(C(F)(F)F)C1. The fourth-order valence-corrected chi connectivity index (χ4v) is 3.97. The first-order chi connectivity index (χ1) is 9.30. The van der Waals surface area contributed by atoms with Gasteiger partial charge in [0.25, 0.3) is 0 Å².